The first-order valence-electron chi connectivity index (χ1n) is 10.3. The number of benzene rings is 2. The summed E-state index contributed by atoms with van der Waals surface area (Å²) < 4.78 is 3.93. The van der Waals surface area contributed by atoms with Crippen molar-refractivity contribution in [1.82, 2.24) is 9.69 Å². The minimum atomic E-state index is -0.636. The van der Waals surface area contributed by atoms with Crippen LogP contribution in [0.5, 0.6) is 5.88 Å². The highest BCUT2D eigenvalue weighted by atomic mass is 32.1. The van der Waals surface area contributed by atoms with Crippen LogP contribution in [0.25, 0.3) is 0 Å². The van der Waals surface area contributed by atoms with E-state index in [1.807, 2.05) is 25.1 Å². The lowest BCUT2D eigenvalue weighted by atomic mass is 10.1. The normalized spacial score (nSPS) is 13.5. The lowest BCUT2D eigenvalue weighted by molar-refractivity contribution is 0.0989. The van der Waals surface area contributed by atoms with E-state index in [9.17, 15) is 15.0 Å². The molecular weight excluding hydrogens is 426 g/mol. The van der Waals surface area contributed by atoms with E-state index in [1.165, 1.54) is 11.1 Å². The fourth-order valence-corrected chi connectivity index (χ4v) is 4.41. The van der Waals surface area contributed by atoms with Crippen LogP contribution >= 0.6 is 11.5 Å². The van der Waals surface area contributed by atoms with Gasteiger partial charge in [-0.2, -0.15) is 4.37 Å². The highest BCUT2D eigenvalue weighted by Crippen LogP contribution is 2.33. The number of carbonyl (C=O) groups is 1. The van der Waals surface area contributed by atoms with Crippen molar-refractivity contribution in [3.8, 4) is 5.88 Å². The molecule has 2 heterocycles. The maximum atomic E-state index is 13.2. The van der Waals surface area contributed by atoms with Gasteiger partial charge in [-0.3, -0.25) is 10.2 Å². The molecule has 8 nitrogen and oxygen atoms in total. The van der Waals surface area contributed by atoms with Gasteiger partial charge in [0.1, 0.15) is 16.4 Å². The summed E-state index contributed by atoms with van der Waals surface area (Å²) in [5, 5.41) is 34.1. The molecule has 1 aliphatic rings. The van der Waals surface area contributed by atoms with Gasteiger partial charge in [0.2, 0.25) is 5.88 Å². The summed E-state index contributed by atoms with van der Waals surface area (Å²) in [7, 11) is 0. The number of aromatic hydroxyl groups is 1. The molecule has 0 saturated heterocycles. The van der Waals surface area contributed by atoms with E-state index in [2.05, 4.69) is 21.1 Å². The number of carbonyl (C=O) groups excluding carboxylic acids is 1. The summed E-state index contributed by atoms with van der Waals surface area (Å²) >= 11 is 1.02. The molecule has 1 aromatic heterocycles. The van der Waals surface area contributed by atoms with Crippen molar-refractivity contribution < 1.29 is 15.0 Å². The van der Waals surface area contributed by atoms with E-state index in [1.54, 1.807) is 30.0 Å². The molecule has 1 aliphatic heterocycles. The number of aromatic nitrogens is 1. The second kappa shape index (κ2) is 8.97. The summed E-state index contributed by atoms with van der Waals surface area (Å²) in [6, 6.07) is 13.3. The third-order valence-corrected chi connectivity index (χ3v) is 5.99. The molecule has 0 spiro atoms. The second-order valence-corrected chi connectivity index (χ2v) is 8.63. The van der Waals surface area contributed by atoms with E-state index in [4.69, 9.17) is 5.41 Å². The third kappa shape index (κ3) is 4.44. The minimum Gasteiger partial charge on any atom is -0.492 e. The molecule has 0 fully saturated rings. The average molecular weight is 452 g/mol. The topological polar surface area (TPSA) is 122 Å². The van der Waals surface area contributed by atoms with E-state index < -0.39 is 6.10 Å². The number of anilines is 3. The number of aliphatic hydroxyl groups is 1. The van der Waals surface area contributed by atoms with E-state index in [-0.39, 0.29) is 29.7 Å². The number of rotatable bonds is 6. The molecule has 1 unspecified atom stereocenters. The van der Waals surface area contributed by atoms with Gasteiger partial charge in [0.25, 0.3) is 5.91 Å². The Kier molecular flexibility index (Phi) is 6.11. The number of aliphatic hydroxyl groups excluding tert-OH is 1. The van der Waals surface area contributed by atoms with Crippen LogP contribution in [0.4, 0.5) is 16.4 Å². The third-order valence-electron chi connectivity index (χ3n) is 5.24. The quantitative estimate of drug-likeness (QED) is 0.289. The lowest BCUT2D eigenvalue weighted by Crippen LogP contribution is -2.30. The molecule has 5 N–H and O–H groups in total. The van der Waals surface area contributed by atoms with Crippen molar-refractivity contribution in [3.05, 3.63) is 64.7 Å². The van der Waals surface area contributed by atoms with Crippen LogP contribution in [0.1, 0.15) is 34.0 Å². The zero-order chi connectivity index (χ0) is 22.8. The summed E-state index contributed by atoms with van der Waals surface area (Å²) in [5.74, 6) is -0.386. The molecule has 0 bridgehead atoms. The standard InChI is InChI=1S/C23H25N5O3S/c1-13-6-7-18-15(10-13)8-9-28(18)23(31)16-4-3-5-17(11-16)26-22-19(21(30)27-32-22)20(24)25-12-14(2)29/h3-7,10-11,14,26,29H,8-9,12H2,1-2H3,(H2,24,25)(H,27,30). The molecule has 9 heteroatoms. The van der Waals surface area contributed by atoms with Crippen LogP contribution in [0.2, 0.25) is 0 Å². The first kappa shape index (κ1) is 21.8. The van der Waals surface area contributed by atoms with Crippen LogP contribution in [0.15, 0.2) is 42.5 Å². The average Bonchev–Trinajstić information content (AvgIpc) is 3.34. The molecule has 0 saturated carbocycles. The van der Waals surface area contributed by atoms with Gasteiger partial charge >= 0.3 is 0 Å². The zero-order valence-electron chi connectivity index (χ0n) is 17.8. The van der Waals surface area contributed by atoms with Crippen molar-refractivity contribution in [2.24, 2.45) is 0 Å². The molecule has 4 rings (SSSR count). The van der Waals surface area contributed by atoms with Crippen molar-refractivity contribution in [1.29, 1.82) is 5.41 Å². The van der Waals surface area contributed by atoms with Gasteiger partial charge in [0.05, 0.1) is 6.10 Å². The van der Waals surface area contributed by atoms with Gasteiger partial charge in [-0.25, -0.2) is 0 Å². The molecule has 3 aromatic rings. The van der Waals surface area contributed by atoms with E-state index >= 15 is 0 Å². The summed E-state index contributed by atoms with van der Waals surface area (Å²) in [4.78, 5) is 15.0. The fourth-order valence-electron chi connectivity index (χ4n) is 3.69. The number of nitrogens with one attached hydrogen (secondary N) is 3. The zero-order valence-corrected chi connectivity index (χ0v) is 18.7. The van der Waals surface area contributed by atoms with Crippen LogP contribution in [0.3, 0.4) is 0 Å². The molecule has 0 radical (unpaired) electrons. The van der Waals surface area contributed by atoms with Gasteiger partial charge in [-0.05, 0) is 61.6 Å². The van der Waals surface area contributed by atoms with Crippen molar-refractivity contribution in [3.63, 3.8) is 0 Å². The molecule has 2 aromatic carbocycles. The number of fused-ring (bicyclic) bond motifs is 1. The highest BCUT2D eigenvalue weighted by Gasteiger charge is 2.26. The monoisotopic (exact) mass is 451 g/mol. The Morgan fingerprint density at radius 2 is 2.12 bits per heavy atom. The van der Waals surface area contributed by atoms with Gasteiger partial charge in [-0.15, -0.1) is 0 Å². The molecule has 1 amide bonds. The minimum absolute atomic E-state index is 0.0455. The Labute approximate surface area is 190 Å². The Hall–Kier alpha value is -3.43. The SMILES string of the molecule is Cc1ccc2c(c1)CCN2C(=O)c1cccc(Nc2snc(O)c2C(=N)NCC(C)O)c1. The number of aryl methyl sites for hydroxylation is 1. The molecule has 0 aliphatic carbocycles. The Bertz CT molecular complexity index is 1170. The molecule has 1 atom stereocenters. The second-order valence-electron chi connectivity index (χ2n) is 7.86. The van der Waals surface area contributed by atoms with Gasteiger partial charge in [0, 0.05) is 30.0 Å². The number of nitrogens with zero attached hydrogens (tertiary/aromatic N) is 2. The lowest BCUT2D eigenvalue weighted by Gasteiger charge is -2.18. The maximum Gasteiger partial charge on any atom is 0.258 e. The number of hydrogen-bond donors (Lipinski definition) is 5. The first-order valence-corrected chi connectivity index (χ1v) is 11.1. The summed E-state index contributed by atoms with van der Waals surface area (Å²) in [6.45, 7) is 4.47. The smallest absolute Gasteiger partial charge is 0.258 e. The highest BCUT2D eigenvalue weighted by molar-refractivity contribution is 7.11. The summed E-state index contributed by atoms with van der Waals surface area (Å²) in [5.41, 5.74) is 4.72. The maximum absolute atomic E-state index is 13.2. The van der Waals surface area contributed by atoms with E-state index in [0.29, 0.717) is 22.8 Å². The van der Waals surface area contributed by atoms with Crippen molar-refractivity contribution in [2.75, 3.05) is 23.3 Å². The van der Waals surface area contributed by atoms with Gasteiger partial charge < -0.3 is 25.7 Å². The van der Waals surface area contributed by atoms with Crippen LogP contribution < -0.4 is 15.5 Å². The predicted octanol–water partition coefficient (Wildman–Crippen LogP) is 3.40. The van der Waals surface area contributed by atoms with E-state index in [0.717, 1.165) is 23.6 Å². The molecule has 32 heavy (non-hydrogen) atoms. The molecular formula is C23H25N5O3S. The van der Waals surface area contributed by atoms with Crippen molar-refractivity contribution >= 4 is 39.7 Å². The van der Waals surface area contributed by atoms with Gasteiger partial charge in [-0.1, -0.05) is 23.8 Å². The fraction of sp³-hybridized carbons (Fsp3) is 0.261. The Morgan fingerprint density at radius 1 is 1.31 bits per heavy atom. The van der Waals surface area contributed by atoms with Crippen molar-refractivity contribution in [2.45, 2.75) is 26.4 Å². The van der Waals surface area contributed by atoms with Crippen LogP contribution in [-0.2, 0) is 6.42 Å². The molecule has 166 valence electrons. The largest absolute Gasteiger partial charge is 0.492 e. The number of amidine groups is 1. The Morgan fingerprint density at radius 3 is 2.91 bits per heavy atom. The Balaban J connectivity index is 1.54. The summed E-state index contributed by atoms with van der Waals surface area (Å²) in [6.07, 6.45) is 0.203. The number of hydrogen-bond acceptors (Lipinski definition) is 7. The van der Waals surface area contributed by atoms with Gasteiger partial charge in [0.15, 0.2) is 0 Å². The van der Waals surface area contributed by atoms with Crippen LogP contribution in [-0.4, -0.2) is 45.5 Å². The first-order chi connectivity index (χ1) is 15.3. The predicted molar refractivity (Wildman–Crippen MR) is 127 cm³/mol. The van der Waals surface area contributed by atoms with Crippen LogP contribution in [0, 0.1) is 12.3 Å². The number of amides is 1.